The van der Waals surface area contributed by atoms with Crippen LogP contribution < -0.4 is 64.2 Å². The fraction of sp³-hybridized carbons (Fsp3) is 0. The molecule has 0 saturated heterocycles. The van der Waals surface area contributed by atoms with Crippen molar-refractivity contribution in [1.82, 2.24) is 0 Å². The van der Waals surface area contributed by atoms with E-state index in [-0.39, 0.29) is 67.5 Å². The molecule has 0 aromatic rings. The van der Waals surface area contributed by atoms with Gasteiger partial charge in [0.25, 0.3) is 0 Å². The first kappa shape index (κ1) is 23.9. The van der Waals surface area contributed by atoms with E-state index in [0.717, 1.165) is 0 Å². The minimum Gasteiger partial charge on any atom is -0.565 e. The minimum absolute atomic E-state index is 0. The van der Waals surface area contributed by atoms with Gasteiger partial charge in [0.2, 0.25) is 6.16 Å². The van der Waals surface area contributed by atoms with Crippen LogP contribution in [-0.4, -0.2) is 19.7 Å². The Kier molecular flexibility index (Phi) is 53.4. The van der Waals surface area contributed by atoms with E-state index < -0.39 is 6.16 Å². The topological polar surface area (TPSA) is 60.4 Å². The van der Waals surface area contributed by atoms with Crippen LogP contribution in [0.2, 0.25) is 0 Å². The Morgan fingerprint density at radius 3 is 1.43 bits per heavy atom. The maximum Gasteiger partial charge on any atom is 1.00 e. The van der Waals surface area contributed by atoms with Crippen LogP contribution in [0, 0.1) is 0 Å². The van der Waals surface area contributed by atoms with Crippen molar-refractivity contribution >= 4 is 14.6 Å². The van der Waals surface area contributed by atoms with Gasteiger partial charge in [0, 0.05) is 0 Å². The van der Waals surface area contributed by atoms with Crippen molar-refractivity contribution in [2.75, 3.05) is 0 Å². The number of hydrogen-bond acceptors (Lipinski definition) is 2. The Hall–Kier alpha value is 1.33. The fourth-order valence-electron chi connectivity index (χ4n) is 0. The van der Waals surface area contributed by atoms with Crippen LogP contribution in [0.25, 0.3) is 0 Å². The van der Waals surface area contributed by atoms with Crippen LogP contribution in [-0.2, 0) is 0 Å². The Balaban J connectivity index is -0.0000000150. The van der Waals surface area contributed by atoms with Gasteiger partial charge in [-0.15, -0.1) is 0 Å². The molecule has 0 aromatic heterocycles. The molecule has 6 heteroatoms. The molecule has 0 rings (SSSR count). The summed E-state index contributed by atoms with van der Waals surface area (Å²) in [6.07, 6.45) is -2.08. The number of rotatable bonds is 0. The van der Waals surface area contributed by atoms with Crippen molar-refractivity contribution in [3.05, 3.63) is 0 Å². The number of carbonyl (C=O) groups is 1. The molecular weight excluding hydrogens is 117 g/mol. The molecule has 0 unspecified atom stereocenters. The molecule has 0 bridgehead atoms. The van der Waals surface area contributed by atoms with Gasteiger partial charge >= 0.3 is 59.1 Å². The summed E-state index contributed by atoms with van der Waals surface area (Å²) in [4.78, 5) is 8.44. The van der Waals surface area contributed by atoms with Gasteiger partial charge in [-0.3, -0.25) is 0 Å². The third kappa shape index (κ3) is 117. The second-order valence-corrected chi connectivity index (χ2v) is 0.266. The second-order valence-electron chi connectivity index (χ2n) is 0.266. The Bertz CT molecular complexity index is 35.9. The molecule has 0 saturated carbocycles. The molecule has 0 aliphatic heterocycles. The molecule has 0 aliphatic carbocycles. The first-order valence-corrected chi connectivity index (χ1v) is 0.632. The molecule has 0 heterocycles. The van der Waals surface area contributed by atoms with Gasteiger partial charge in [-0.25, -0.2) is 0 Å². The van der Waals surface area contributed by atoms with Crippen molar-refractivity contribution in [2.24, 2.45) is 0 Å². The first-order valence-electron chi connectivity index (χ1n) is 0.632. The predicted molar refractivity (Wildman–Crippen MR) is 19.4 cm³/mol. The maximum atomic E-state index is 8.44. The van der Waals surface area contributed by atoms with Crippen LogP contribution in [0.15, 0.2) is 0 Å². The third-order valence-corrected chi connectivity index (χ3v) is 0. The average molecular weight is 122 g/mol. The summed E-state index contributed by atoms with van der Waals surface area (Å²) in [6.45, 7) is 0. The van der Waals surface area contributed by atoms with E-state index in [1.54, 1.807) is 0 Å². The summed E-state index contributed by atoms with van der Waals surface area (Å²) in [6, 6.07) is 0. The van der Waals surface area contributed by atoms with Gasteiger partial charge in [0.05, 0.1) is 0 Å². The van der Waals surface area contributed by atoms with Crippen LogP contribution in [0.3, 0.4) is 0 Å². The molecule has 0 spiro atoms. The molecule has 3 nitrogen and oxygen atoms in total. The van der Waals surface area contributed by atoms with E-state index in [2.05, 4.69) is 0 Å². The van der Waals surface area contributed by atoms with Crippen LogP contribution in [0.1, 0.15) is 0 Å². The summed E-state index contributed by atoms with van der Waals surface area (Å²) in [5.74, 6) is 0. The van der Waals surface area contributed by atoms with Crippen LogP contribution in [0.5, 0.6) is 0 Å². The second kappa shape index (κ2) is 15.7. The average Bonchev–Trinajstić information content (AvgIpc) is 0.811. The van der Waals surface area contributed by atoms with E-state index >= 15 is 0 Å². The molecule has 0 atom stereocenters. The van der Waals surface area contributed by atoms with Gasteiger partial charge in [0.1, 0.15) is 0 Å². The molecule has 0 amide bonds. The predicted octanol–water partition coefficient (Wildman–Crippen LogP) is -8.56. The summed E-state index contributed by atoms with van der Waals surface area (Å²) in [5, 5.41) is 15.3. The van der Waals surface area contributed by atoms with Crippen molar-refractivity contribution in [3.63, 3.8) is 0 Å². The van der Waals surface area contributed by atoms with Crippen LogP contribution >= 0.6 is 0 Å². The number of hydrogen-bond donors (Lipinski definition) is 1. The van der Waals surface area contributed by atoms with Gasteiger partial charge < -0.3 is 15.0 Å². The van der Waals surface area contributed by atoms with E-state index in [1.807, 2.05) is 0 Å². The fourth-order valence-corrected chi connectivity index (χ4v) is 0. The summed E-state index contributed by atoms with van der Waals surface area (Å²) >= 11 is 0. The smallest absolute Gasteiger partial charge is 0.565 e. The molecule has 7 heavy (non-hydrogen) atoms. The Morgan fingerprint density at radius 1 is 1.43 bits per heavy atom. The van der Waals surface area contributed by atoms with Crippen LogP contribution in [0.4, 0.5) is 4.79 Å². The molecule has 1 N–H and O–H groups in total. The Labute approximate surface area is 87.6 Å². The zero-order valence-corrected chi connectivity index (χ0v) is 7.76. The zero-order chi connectivity index (χ0) is 3.58. The SMILES string of the molecule is O=C([O-])O.[BH4-].[Na+].[Na+]. The van der Waals surface area contributed by atoms with E-state index in [9.17, 15) is 0 Å². The third-order valence-electron chi connectivity index (χ3n) is 0. The van der Waals surface area contributed by atoms with Gasteiger partial charge in [-0.05, 0) is 0 Å². The van der Waals surface area contributed by atoms with E-state index in [1.165, 1.54) is 0 Å². The van der Waals surface area contributed by atoms with E-state index in [4.69, 9.17) is 15.0 Å². The zero-order valence-electron chi connectivity index (χ0n) is 3.76. The summed E-state index contributed by atoms with van der Waals surface area (Å²) in [7, 11) is 0. The van der Waals surface area contributed by atoms with Crippen molar-refractivity contribution in [1.29, 1.82) is 0 Å². The van der Waals surface area contributed by atoms with Gasteiger partial charge in [-0.2, -0.15) is 0 Å². The Morgan fingerprint density at radius 2 is 1.43 bits per heavy atom. The maximum absolute atomic E-state index is 8.44. The minimum atomic E-state index is -2.08. The summed E-state index contributed by atoms with van der Waals surface area (Å²) < 4.78 is 0. The number of carboxylic acid groups (broad SMARTS) is 2. The van der Waals surface area contributed by atoms with Gasteiger partial charge in [0.15, 0.2) is 0 Å². The largest absolute Gasteiger partial charge is 1.00 e. The van der Waals surface area contributed by atoms with Crippen molar-refractivity contribution in [3.8, 4) is 0 Å². The molecule has 0 fully saturated rings. The molecule has 0 aromatic carbocycles. The first-order chi connectivity index (χ1) is 1.73. The normalized spacial score (nSPS) is 3.43. The molecule has 0 aliphatic rings. The van der Waals surface area contributed by atoms with E-state index in [0.29, 0.717) is 0 Å². The monoisotopic (exact) mass is 122 g/mol. The molecule has 0 radical (unpaired) electrons. The van der Waals surface area contributed by atoms with Crippen molar-refractivity contribution < 1.29 is 74.1 Å². The van der Waals surface area contributed by atoms with Crippen molar-refractivity contribution in [2.45, 2.75) is 0 Å². The standard InChI is InChI=1S/CH2O3.BH4.2Na/c2-1(3)4;;;/h(H2,2,3,4);1H4;;/q;-1;2*+1/p-1. The summed E-state index contributed by atoms with van der Waals surface area (Å²) in [5.41, 5.74) is 0. The van der Waals surface area contributed by atoms with Gasteiger partial charge in [-0.1, -0.05) is 8.41 Å². The quantitative estimate of drug-likeness (QED) is 0.324. The molecular formula is CH5BNa2O3. The molecule has 32 valence electrons.